The zero-order chi connectivity index (χ0) is 17.8. The predicted molar refractivity (Wildman–Crippen MR) is 93.9 cm³/mol. The highest BCUT2D eigenvalue weighted by Crippen LogP contribution is 2.38. The van der Waals surface area contributed by atoms with Crippen molar-refractivity contribution in [1.82, 2.24) is 9.88 Å². The average Bonchev–Trinajstić information content (AvgIpc) is 2.61. The van der Waals surface area contributed by atoms with Crippen LogP contribution in [-0.4, -0.2) is 33.4 Å². The number of rotatable bonds is 5. The van der Waals surface area contributed by atoms with Crippen molar-refractivity contribution in [3.8, 4) is 0 Å². The maximum atomic E-state index is 12.6. The van der Waals surface area contributed by atoms with Gasteiger partial charge in [-0.1, -0.05) is 30.3 Å². The van der Waals surface area contributed by atoms with Gasteiger partial charge in [0.25, 0.3) is 0 Å². The van der Waals surface area contributed by atoms with Crippen molar-refractivity contribution in [2.45, 2.75) is 32.2 Å². The number of piperidine rings is 1. The number of carbonyl (C=O) groups excluding carboxylic acids is 1. The van der Waals surface area contributed by atoms with E-state index in [0.717, 1.165) is 16.7 Å². The first-order chi connectivity index (χ1) is 12.1. The lowest BCUT2D eigenvalue weighted by atomic mass is 9.82. The van der Waals surface area contributed by atoms with Crippen LogP contribution in [0.5, 0.6) is 0 Å². The van der Waals surface area contributed by atoms with E-state index in [1.54, 1.807) is 17.3 Å². The SMILES string of the molecule is Cc1ccccc1[C@@H]1[C@H](C(=O)O)CCC(=O)N1CCc1cccnc1. The molecule has 1 aromatic heterocycles. The van der Waals surface area contributed by atoms with Crippen LogP contribution in [0.25, 0.3) is 0 Å². The van der Waals surface area contributed by atoms with Crippen molar-refractivity contribution in [1.29, 1.82) is 0 Å². The molecule has 0 radical (unpaired) electrons. The summed E-state index contributed by atoms with van der Waals surface area (Å²) in [4.78, 5) is 30.3. The Morgan fingerprint density at radius 1 is 1.28 bits per heavy atom. The molecule has 25 heavy (non-hydrogen) atoms. The fraction of sp³-hybridized carbons (Fsp3) is 0.350. The van der Waals surface area contributed by atoms with E-state index in [-0.39, 0.29) is 12.3 Å². The van der Waals surface area contributed by atoms with Gasteiger partial charge in [0.05, 0.1) is 12.0 Å². The van der Waals surface area contributed by atoms with E-state index in [1.807, 2.05) is 43.3 Å². The summed E-state index contributed by atoms with van der Waals surface area (Å²) in [6.45, 7) is 2.46. The normalized spacial score (nSPS) is 20.5. The molecule has 0 saturated carbocycles. The third-order valence-electron chi connectivity index (χ3n) is 4.89. The highest BCUT2D eigenvalue weighted by atomic mass is 16.4. The highest BCUT2D eigenvalue weighted by molar-refractivity contribution is 5.82. The summed E-state index contributed by atoms with van der Waals surface area (Å²) in [5.74, 6) is -1.39. The maximum Gasteiger partial charge on any atom is 0.308 e. The quantitative estimate of drug-likeness (QED) is 0.910. The molecule has 1 aromatic carbocycles. The number of aromatic nitrogens is 1. The second-order valence-electron chi connectivity index (χ2n) is 6.48. The molecule has 5 heteroatoms. The number of aryl methyl sites for hydroxylation is 1. The van der Waals surface area contributed by atoms with Crippen LogP contribution >= 0.6 is 0 Å². The van der Waals surface area contributed by atoms with Gasteiger partial charge < -0.3 is 10.0 Å². The molecule has 2 aromatic rings. The van der Waals surface area contributed by atoms with Gasteiger partial charge in [0.1, 0.15) is 0 Å². The number of hydrogen-bond acceptors (Lipinski definition) is 3. The summed E-state index contributed by atoms with van der Waals surface area (Å²) in [6.07, 6.45) is 4.83. The summed E-state index contributed by atoms with van der Waals surface area (Å²) in [5.41, 5.74) is 2.98. The first kappa shape index (κ1) is 17.1. The van der Waals surface area contributed by atoms with E-state index in [4.69, 9.17) is 0 Å². The van der Waals surface area contributed by atoms with Gasteiger partial charge in [-0.15, -0.1) is 0 Å². The first-order valence-corrected chi connectivity index (χ1v) is 8.54. The minimum absolute atomic E-state index is 0.0228. The lowest BCUT2D eigenvalue weighted by Gasteiger charge is -2.40. The van der Waals surface area contributed by atoms with Crippen LogP contribution in [-0.2, 0) is 16.0 Å². The van der Waals surface area contributed by atoms with E-state index < -0.39 is 17.9 Å². The van der Waals surface area contributed by atoms with Crippen LogP contribution in [0.15, 0.2) is 48.8 Å². The van der Waals surface area contributed by atoms with E-state index in [9.17, 15) is 14.7 Å². The lowest BCUT2D eigenvalue weighted by molar-refractivity contribution is -0.152. The molecule has 5 nitrogen and oxygen atoms in total. The lowest BCUT2D eigenvalue weighted by Crippen LogP contribution is -2.46. The van der Waals surface area contributed by atoms with Crippen molar-refractivity contribution >= 4 is 11.9 Å². The average molecular weight is 338 g/mol. The van der Waals surface area contributed by atoms with Gasteiger partial charge >= 0.3 is 5.97 Å². The Morgan fingerprint density at radius 2 is 2.08 bits per heavy atom. The number of carboxylic acids is 1. The largest absolute Gasteiger partial charge is 0.481 e. The molecule has 1 aliphatic heterocycles. The van der Waals surface area contributed by atoms with Gasteiger partial charge in [-0.05, 0) is 42.5 Å². The van der Waals surface area contributed by atoms with Crippen LogP contribution < -0.4 is 0 Å². The molecule has 0 aliphatic carbocycles. The minimum Gasteiger partial charge on any atom is -0.481 e. The standard InChI is InChI=1S/C20H22N2O3/c1-14-5-2-3-7-16(14)19-17(20(24)25)8-9-18(23)22(19)12-10-15-6-4-11-21-13-15/h2-7,11,13,17,19H,8-10,12H2,1H3,(H,24,25)/t17-,19-/m1/s1. The van der Waals surface area contributed by atoms with Crippen molar-refractivity contribution < 1.29 is 14.7 Å². The molecule has 2 atom stereocenters. The van der Waals surface area contributed by atoms with Crippen molar-refractivity contribution in [3.63, 3.8) is 0 Å². The van der Waals surface area contributed by atoms with Crippen LogP contribution in [0.3, 0.4) is 0 Å². The van der Waals surface area contributed by atoms with Gasteiger partial charge in [-0.3, -0.25) is 14.6 Å². The maximum absolute atomic E-state index is 12.6. The van der Waals surface area contributed by atoms with Crippen molar-refractivity contribution in [2.75, 3.05) is 6.54 Å². The van der Waals surface area contributed by atoms with Gasteiger partial charge in [0.15, 0.2) is 0 Å². The molecule has 130 valence electrons. The molecule has 0 bridgehead atoms. The number of carboxylic acid groups (broad SMARTS) is 1. The van der Waals surface area contributed by atoms with Crippen LogP contribution in [0.1, 0.15) is 35.6 Å². The Hall–Kier alpha value is -2.69. The van der Waals surface area contributed by atoms with Gasteiger partial charge in [0, 0.05) is 25.4 Å². The molecular formula is C20H22N2O3. The van der Waals surface area contributed by atoms with Crippen LogP contribution in [0.2, 0.25) is 0 Å². The minimum atomic E-state index is -0.841. The van der Waals surface area contributed by atoms with Crippen molar-refractivity contribution in [2.24, 2.45) is 5.92 Å². The van der Waals surface area contributed by atoms with E-state index in [1.165, 1.54) is 0 Å². The molecule has 1 aliphatic rings. The molecule has 1 amide bonds. The molecule has 1 saturated heterocycles. The first-order valence-electron chi connectivity index (χ1n) is 8.54. The zero-order valence-corrected chi connectivity index (χ0v) is 14.3. The molecule has 3 rings (SSSR count). The Morgan fingerprint density at radius 3 is 2.76 bits per heavy atom. The predicted octanol–water partition coefficient (Wildman–Crippen LogP) is 3.00. The molecule has 2 heterocycles. The van der Waals surface area contributed by atoms with E-state index in [0.29, 0.717) is 19.4 Å². The number of likely N-dealkylation sites (tertiary alicyclic amines) is 1. The smallest absolute Gasteiger partial charge is 0.308 e. The summed E-state index contributed by atoms with van der Waals surface area (Å²) < 4.78 is 0. The molecule has 0 unspecified atom stereocenters. The zero-order valence-electron chi connectivity index (χ0n) is 14.3. The third kappa shape index (κ3) is 3.71. The number of hydrogen-bond donors (Lipinski definition) is 1. The van der Waals surface area contributed by atoms with E-state index >= 15 is 0 Å². The monoisotopic (exact) mass is 338 g/mol. The Balaban J connectivity index is 1.92. The number of amides is 1. The van der Waals surface area contributed by atoms with Crippen LogP contribution in [0.4, 0.5) is 0 Å². The van der Waals surface area contributed by atoms with Crippen molar-refractivity contribution in [3.05, 3.63) is 65.5 Å². The topological polar surface area (TPSA) is 70.5 Å². The van der Waals surface area contributed by atoms with Crippen LogP contribution in [0, 0.1) is 12.8 Å². The molecule has 0 spiro atoms. The fourth-order valence-corrected chi connectivity index (χ4v) is 3.57. The van der Waals surface area contributed by atoms with E-state index in [2.05, 4.69) is 4.98 Å². The summed E-state index contributed by atoms with van der Waals surface area (Å²) in [7, 11) is 0. The van der Waals surface area contributed by atoms with Gasteiger partial charge in [0.2, 0.25) is 5.91 Å². The third-order valence-corrected chi connectivity index (χ3v) is 4.89. The molecule has 1 N–H and O–H groups in total. The fourth-order valence-electron chi connectivity index (χ4n) is 3.57. The second kappa shape index (κ2) is 7.47. The Labute approximate surface area is 147 Å². The molecule has 1 fully saturated rings. The Kier molecular flexibility index (Phi) is 5.12. The Bertz CT molecular complexity index is 761. The summed E-state index contributed by atoms with van der Waals surface area (Å²) in [5, 5.41) is 9.70. The number of nitrogens with zero attached hydrogens (tertiary/aromatic N) is 2. The summed E-state index contributed by atoms with van der Waals surface area (Å²) in [6, 6.07) is 11.2. The highest BCUT2D eigenvalue weighted by Gasteiger charge is 2.40. The summed E-state index contributed by atoms with van der Waals surface area (Å²) >= 11 is 0. The van der Waals surface area contributed by atoms with Gasteiger partial charge in [-0.2, -0.15) is 0 Å². The second-order valence-corrected chi connectivity index (χ2v) is 6.48. The number of pyridine rings is 1. The number of aliphatic carboxylic acids is 1. The molecular weight excluding hydrogens is 316 g/mol. The van der Waals surface area contributed by atoms with Gasteiger partial charge in [-0.25, -0.2) is 0 Å². The number of benzene rings is 1. The number of carbonyl (C=O) groups is 2.